The van der Waals surface area contributed by atoms with Crippen molar-refractivity contribution in [1.29, 1.82) is 0 Å². The highest BCUT2D eigenvalue weighted by atomic mass is 19.4. The first-order chi connectivity index (χ1) is 15.8. The summed E-state index contributed by atoms with van der Waals surface area (Å²) in [5.74, 6) is -0.822. The van der Waals surface area contributed by atoms with Gasteiger partial charge in [0.1, 0.15) is 11.6 Å². The molecule has 2 aromatic carbocycles. The average Bonchev–Trinajstić information content (AvgIpc) is 2.80. The Labute approximate surface area is 186 Å². The fourth-order valence-electron chi connectivity index (χ4n) is 3.30. The van der Waals surface area contributed by atoms with Crippen LogP contribution in [-0.2, 0) is 0 Å². The molecule has 1 unspecified atom stereocenters. The Hall–Kier alpha value is -3.85. The quantitative estimate of drug-likeness (QED) is 0.396. The molecule has 0 saturated carbocycles. The van der Waals surface area contributed by atoms with E-state index in [4.69, 9.17) is 0 Å². The van der Waals surface area contributed by atoms with E-state index in [2.05, 4.69) is 19.7 Å². The van der Waals surface area contributed by atoms with Gasteiger partial charge in [-0.3, -0.25) is 4.98 Å². The monoisotopic (exact) mass is 455 g/mol. The van der Waals surface area contributed by atoms with E-state index >= 15 is 0 Å². The van der Waals surface area contributed by atoms with Crippen LogP contribution >= 0.6 is 0 Å². The molecule has 168 valence electrons. The molecule has 0 aliphatic carbocycles. The molecule has 0 saturated heterocycles. The van der Waals surface area contributed by atoms with Crippen LogP contribution in [0.25, 0.3) is 22.5 Å². The molecule has 33 heavy (non-hydrogen) atoms. The summed E-state index contributed by atoms with van der Waals surface area (Å²) < 4.78 is 54.2. The van der Waals surface area contributed by atoms with Crippen LogP contribution in [0, 0.1) is 5.82 Å². The Morgan fingerprint density at radius 1 is 0.818 bits per heavy atom. The predicted octanol–water partition coefficient (Wildman–Crippen LogP) is 5.37. The lowest BCUT2D eigenvalue weighted by molar-refractivity contribution is -0.274. The maximum Gasteiger partial charge on any atom is 0.573 e. The fourth-order valence-corrected chi connectivity index (χ4v) is 3.30. The number of aliphatic hydroxyl groups is 1. The Bertz CT molecular complexity index is 1210. The number of ether oxygens (including phenoxy) is 1. The molecule has 0 bridgehead atoms. The van der Waals surface area contributed by atoms with Gasteiger partial charge in [-0.1, -0.05) is 30.3 Å². The van der Waals surface area contributed by atoms with E-state index < -0.39 is 12.3 Å². The number of rotatable bonds is 6. The molecule has 0 amide bonds. The van der Waals surface area contributed by atoms with Crippen LogP contribution in [0.15, 0.2) is 79.3 Å². The van der Waals surface area contributed by atoms with Crippen LogP contribution in [0.5, 0.6) is 5.75 Å². The van der Waals surface area contributed by atoms with E-state index in [1.165, 1.54) is 36.4 Å². The maximum absolute atomic E-state index is 13.4. The van der Waals surface area contributed by atoms with Gasteiger partial charge in [0.2, 0.25) is 0 Å². The molecule has 2 heterocycles. The molecule has 1 atom stereocenters. The Morgan fingerprint density at radius 2 is 1.52 bits per heavy atom. The standard InChI is InChI=1S/C24H17F4N3O2/c25-19-3-1-2-16(10-19)23-30-12-18(13-31-23)21(14-32)22-9-6-17(11-29-22)15-4-7-20(8-5-15)33-24(26,27)28/h1-13,21,32H,14H2. The Balaban J connectivity index is 1.51. The minimum atomic E-state index is -4.75. The zero-order valence-electron chi connectivity index (χ0n) is 17.0. The molecule has 1 N–H and O–H groups in total. The van der Waals surface area contributed by atoms with Crippen molar-refractivity contribution in [2.75, 3.05) is 6.61 Å². The van der Waals surface area contributed by atoms with Gasteiger partial charge in [-0.25, -0.2) is 14.4 Å². The van der Waals surface area contributed by atoms with Crippen molar-refractivity contribution < 1.29 is 27.4 Å². The molecule has 5 nitrogen and oxygen atoms in total. The van der Waals surface area contributed by atoms with E-state index in [0.717, 1.165) is 0 Å². The number of halogens is 4. The number of aliphatic hydroxyl groups excluding tert-OH is 1. The lowest BCUT2D eigenvalue weighted by atomic mass is 9.97. The molecular formula is C24H17F4N3O2. The third-order valence-electron chi connectivity index (χ3n) is 4.90. The summed E-state index contributed by atoms with van der Waals surface area (Å²) in [4.78, 5) is 12.9. The summed E-state index contributed by atoms with van der Waals surface area (Å²) in [6, 6.07) is 14.9. The number of alkyl halides is 3. The van der Waals surface area contributed by atoms with Gasteiger partial charge in [-0.2, -0.15) is 0 Å². The number of aromatic nitrogens is 3. The van der Waals surface area contributed by atoms with E-state index in [9.17, 15) is 22.7 Å². The molecule has 0 spiro atoms. The predicted molar refractivity (Wildman–Crippen MR) is 113 cm³/mol. The van der Waals surface area contributed by atoms with Crippen molar-refractivity contribution in [3.63, 3.8) is 0 Å². The topological polar surface area (TPSA) is 68.1 Å². The smallest absolute Gasteiger partial charge is 0.406 e. The first-order valence-corrected chi connectivity index (χ1v) is 9.83. The van der Waals surface area contributed by atoms with E-state index in [1.807, 2.05) is 0 Å². The number of nitrogens with zero attached hydrogens (tertiary/aromatic N) is 3. The fraction of sp³-hybridized carbons (Fsp3) is 0.125. The van der Waals surface area contributed by atoms with Crippen molar-refractivity contribution in [2.24, 2.45) is 0 Å². The van der Waals surface area contributed by atoms with Crippen molar-refractivity contribution in [1.82, 2.24) is 15.0 Å². The summed E-state index contributed by atoms with van der Waals surface area (Å²) in [5.41, 5.74) is 3.08. The number of benzene rings is 2. The van der Waals surface area contributed by atoms with Gasteiger partial charge in [0.15, 0.2) is 5.82 Å². The number of hydrogen-bond donors (Lipinski definition) is 1. The zero-order valence-corrected chi connectivity index (χ0v) is 17.0. The molecule has 4 rings (SSSR count). The van der Waals surface area contributed by atoms with Crippen molar-refractivity contribution in [3.05, 3.63) is 96.3 Å². The molecular weight excluding hydrogens is 438 g/mol. The minimum absolute atomic E-state index is 0.238. The summed E-state index contributed by atoms with van der Waals surface area (Å²) in [5, 5.41) is 9.91. The second kappa shape index (κ2) is 9.33. The van der Waals surface area contributed by atoms with Gasteiger partial charge < -0.3 is 9.84 Å². The van der Waals surface area contributed by atoms with Gasteiger partial charge in [0.05, 0.1) is 18.2 Å². The van der Waals surface area contributed by atoms with E-state index in [0.29, 0.717) is 33.8 Å². The van der Waals surface area contributed by atoms with Crippen LogP contribution in [0.4, 0.5) is 17.6 Å². The van der Waals surface area contributed by atoms with Crippen LogP contribution < -0.4 is 4.74 Å². The van der Waals surface area contributed by atoms with Gasteiger partial charge in [-0.15, -0.1) is 13.2 Å². The number of hydrogen-bond acceptors (Lipinski definition) is 5. The first kappa shape index (κ1) is 22.3. The van der Waals surface area contributed by atoms with Crippen molar-refractivity contribution in [3.8, 4) is 28.3 Å². The van der Waals surface area contributed by atoms with Crippen LogP contribution in [-0.4, -0.2) is 33.0 Å². The summed E-state index contributed by atoms with van der Waals surface area (Å²) in [6.45, 7) is -0.238. The van der Waals surface area contributed by atoms with Gasteiger partial charge in [0.25, 0.3) is 0 Å². The normalized spacial score (nSPS) is 12.4. The molecule has 0 radical (unpaired) electrons. The molecule has 0 fully saturated rings. The first-order valence-electron chi connectivity index (χ1n) is 9.83. The Kier molecular flexibility index (Phi) is 6.32. The highest BCUT2D eigenvalue weighted by Gasteiger charge is 2.31. The molecule has 2 aromatic heterocycles. The van der Waals surface area contributed by atoms with Gasteiger partial charge in [-0.05, 0) is 35.9 Å². The minimum Gasteiger partial charge on any atom is -0.406 e. The average molecular weight is 455 g/mol. The third kappa shape index (κ3) is 5.50. The summed E-state index contributed by atoms with van der Waals surface area (Å²) in [6.07, 6.45) is -0.0605. The lowest BCUT2D eigenvalue weighted by Gasteiger charge is -2.14. The molecule has 4 aromatic rings. The second-order valence-electron chi connectivity index (χ2n) is 7.13. The third-order valence-corrected chi connectivity index (χ3v) is 4.90. The maximum atomic E-state index is 13.4. The van der Waals surface area contributed by atoms with E-state index in [-0.39, 0.29) is 18.2 Å². The van der Waals surface area contributed by atoms with E-state index in [1.54, 1.807) is 42.9 Å². The molecule has 9 heteroatoms. The van der Waals surface area contributed by atoms with Crippen molar-refractivity contribution >= 4 is 0 Å². The molecule has 0 aliphatic heterocycles. The highest BCUT2D eigenvalue weighted by molar-refractivity contribution is 5.63. The largest absolute Gasteiger partial charge is 0.573 e. The van der Waals surface area contributed by atoms with Crippen LogP contribution in [0.3, 0.4) is 0 Å². The van der Waals surface area contributed by atoms with Crippen molar-refractivity contribution in [2.45, 2.75) is 12.3 Å². The van der Waals surface area contributed by atoms with Crippen LogP contribution in [0.2, 0.25) is 0 Å². The van der Waals surface area contributed by atoms with Gasteiger partial charge >= 0.3 is 6.36 Å². The Morgan fingerprint density at radius 3 is 2.09 bits per heavy atom. The SMILES string of the molecule is OCC(c1cnc(-c2cccc(F)c2)nc1)c1ccc(-c2ccc(OC(F)(F)F)cc2)cn1. The lowest BCUT2D eigenvalue weighted by Crippen LogP contribution is -2.16. The zero-order chi connectivity index (χ0) is 23.4. The summed E-state index contributed by atoms with van der Waals surface area (Å²) in [7, 11) is 0. The number of pyridine rings is 1. The second-order valence-corrected chi connectivity index (χ2v) is 7.13. The molecule has 0 aliphatic rings. The van der Waals surface area contributed by atoms with Crippen LogP contribution in [0.1, 0.15) is 17.2 Å². The highest BCUT2D eigenvalue weighted by Crippen LogP contribution is 2.28. The summed E-state index contributed by atoms with van der Waals surface area (Å²) >= 11 is 0. The van der Waals surface area contributed by atoms with Gasteiger partial charge in [0, 0.05) is 35.3 Å².